The van der Waals surface area contributed by atoms with Crippen LogP contribution in [0.15, 0.2) is 24.3 Å². The lowest BCUT2D eigenvalue weighted by Gasteiger charge is -2.09. The normalized spacial score (nSPS) is 11.1. The van der Waals surface area contributed by atoms with Crippen molar-refractivity contribution in [2.45, 2.75) is 13.1 Å². The lowest BCUT2D eigenvalue weighted by molar-refractivity contribution is -0.137. The molecule has 0 bridgehead atoms. The molecule has 2 amide bonds. The van der Waals surface area contributed by atoms with Gasteiger partial charge >= 0.3 is 18.0 Å². The third-order valence-electron chi connectivity index (χ3n) is 2.40. The van der Waals surface area contributed by atoms with E-state index in [9.17, 15) is 22.8 Å². The first-order chi connectivity index (χ1) is 10.3. The van der Waals surface area contributed by atoms with E-state index in [4.69, 9.17) is 0 Å². The molecular formula is C12H9F3N4O2S. The zero-order valence-electron chi connectivity index (χ0n) is 11.1. The minimum atomic E-state index is -4.53. The van der Waals surface area contributed by atoms with Gasteiger partial charge in [0.15, 0.2) is 0 Å². The van der Waals surface area contributed by atoms with Crippen LogP contribution in [-0.2, 0) is 15.8 Å². The molecule has 0 saturated heterocycles. The first-order valence-electron chi connectivity index (χ1n) is 5.85. The highest BCUT2D eigenvalue weighted by Crippen LogP contribution is 2.30. The quantitative estimate of drug-likeness (QED) is 0.829. The van der Waals surface area contributed by atoms with E-state index in [1.807, 2.05) is 0 Å². The van der Waals surface area contributed by atoms with Crippen LogP contribution in [0.5, 0.6) is 0 Å². The lowest BCUT2D eigenvalue weighted by Crippen LogP contribution is -2.29. The van der Waals surface area contributed by atoms with E-state index >= 15 is 0 Å². The van der Waals surface area contributed by atoms with Gasteiger partial charge in [-0.05, 0) is 25.1 Å². The summed E-state index contributed by atoms with van der Waals surface area (Å²) in [5, 5.41) is 12.3. The maximum Gasteiger partial charge on any atom is 0.416 e. The van der Waals surface area contributed by atoms with E-state index in [2.05, 4.69) is 20.8 Å². The Morgan fingerprint density at radius 2 is 1.82 bits per heavy atom. The smallest absolute Gasteiger partial charge is 0.318 e. The standard InChI is InChI=1S/C12H9F3N4O2S/c1-6-18-19-11(22-6)17-10(21)9(20)16-8-4-2-3-7(5-8)12(13,14)15/h2-5H,1H3,(H,16,20)(H,17,19,21). The number of carbonyl (C=O) groups excluding carboxylic acids is 2. The van der Waals surface area contributed by atoms with Gasteiger partial charge in [-0.15, -0.1) is 10.2 Å². The van der Waals surface area contributed by atoms with Gasteiger partial charge in [-0.2, -0.15) is 13.2 Å². The number of halogens is 3. The van der Waals surface area contributed by atoms with E-state index in [1.165, 1.54) is 6.07 Å². The zero-order valence-corrected chi connectivity index (χ0v) is 11.9. The molecule has 0 radical (unpaired) electrons. The van der Waals surface area contributed by atoms with Crippen LogP contribution >= 0.6 is 11.3 Å². The summed E-state index contributed by atoms with van der Waals surface area (Å²) in [7, 11) is 0. The molecule has 0 saturated carbocycles. The molecule has 0 unspecified atom stereocenters. The predicted molar refractivity (Wildman–Crippen MR) is 73.3 cm³/mol. The molecule has 22 heavy (non-hydrogen) atoms. The summed E-state index contributed by atoms with van der Waals surface area (Å²) in [5.41, 5.74) is -1.06. The van der Waals surface area contributed by atoms with E-state index < -0.39 is 23.6 Å². The third kappa shape index (κ3) is 4.01. The van der Waals surface area contributed by atoms with Crippen molar-refractivity contribution in [1.82, 2.24) is 10.2 Å². The van der Waals surface area contributed by atoms with E-state index in [0.717, 1.165) is 29.5 Å². The van der Waals surface area contributed by atoms with Gasteiger partial charge in [0.2, 0.25) is 5.13 Å². The molecule has 0 atom stereocenters. The fourth-order valence-electron chi connectivity index (χ4n) is 1.46. The molecule has 0 spiro atoms. The van der Waals surface area contributed by atoms with Crippen molar-refractivity contribution in [2.75, 3.05) is 10.6 Å². The Labute approximate surface area is 126 Å². The molecule has 2 aromatic rings. The minimum Gasteiger partial charge on any atom is -0.318 e. The number of hydrogen-bond donors (Lipinski definition) is 2. The molecule has 1 aromatic carbocycles. The van der Waals surface area contributed by atoms with Crippen molar-refractivity contribution in [3.63, 3.8) is 0 Å². The molecule has 2 rings (SSSR count). The topological polar surface area (TPSA) is 84.0 Å². The summed E-state index contributed by atoms with van der Waals surface area (Å²) in [6, 6.07) is 3.97. The van der Waals surface area contributed by atoms with Gasteiger partial charge < -0.3 is 5.32 Å². The van der Waals surface area contributed by atoms with Crippen molar-refractivity contribution >= 4 is 34.0 Å². The Morgan fingerprint density at radius 1 is 1.14 bits per heavy atom. The van der Waals surface area contributed by atoms with Crippen molar-refractivity contribution in [3.8, 4) is 0 Å². The van der Waals surface area contributed by atoms with Crippen LogP contribution in [0, 0.1) is 6.92 Å². The number of alkyl halides is 3. The van der Waals surface area contributed by atoms with Gasteiger partial charge in [-0.25, -0.2) is 0 Å². The van der Waals surface area contributed by atoms with Crippen LogP contribution in [-0.4, -0.2) is 22.0 Å². The largest absolute Gasteiger partial charge is 0.416 e. The van der Waals surface area contributed by atoms with E-state index in [1.54, 1.807) is 6.92 Å². The molecule has 0 aliphatic carbocycles. The summed E-state index contributed by atoms with van der Waals surface area (Å²) >= 11 is 1.06. The summed E-state index contributed by atoms with van der Waals surface area (Å²) in [6.45, 7) is 1.66. The second-order valence-electron chi connectivity index (χ2n) is 4.11. The molecule has 1 aromatic heterocycles. The predicted octanol–water partition coefficient (Wildman–Crippen LogP) is 2.44. The Balaban J connectivity index is 2.04. The molecular weight excluding hydrogens is 321 g/mol. The Morgan fingerprint density at radius 3 is 2.41 bits per heavy atom. The van der Waals surface area contributed by atoms with Crippen LogP contribution < -0.4 is 10.6 Å². The fourth-order valence-corrected chi connectivity index (χ4v) is 2.05. The lowest BCUT2D eigenvalue weighted by atomic mass is 10.2. The van der Waals surface area contributed by atoms with Crippen LogP contribution in [0.25, 0.3) is 0 Å². The average molecular weight is 330 g/mol. The van der Waals surface area contributed by atoms with Gasteiger partial charge in [0.1, 0.15) is 5.01 Å². The maximum absolute atomic E-state index is 12.5. The second kappa shape index (κ2) is 6.10. The first kappa shape index (κ1) is 15.9. The zero-order chi connectivity index (χ0) is 16.3. The van der Waals surface area contributed by atoms with Crippen molar-refractivity contribution in [1.29, 1.82) is 0 Å². The molecule has 2 N–H and O–H groups in total. The van der Waals surface area contributed by atoms with Crippen LogP contribution in [0.4, 0.5) is 24.0 Å². The summed E-state index contributed by atoms with van der Waals surface area (Å²) in [4.78, 5) is 23.2. The average Bonchev–Trinajstić information content (AvgIpc) is 2.83. The molecule has 0 aliphatic rings. The van der Waals surface area contributed by atoms with Crippen molar-refractivity contribution < 1.29 is 22.8 Å². The highest BCUT2D eigenvalue weighted by molar-refractivity contribution is 7.15. The van der Waals surface area contributed by atoms with Crippen molar-refractivity contribution in [2.24, 2.45) is 0 Å². The number of amides is 2. The highest BCUT2D eigenvalue weighted by atomic mass is 32.1. The van der Waals surface area contributed by atoms with Gasteiger partial charge in [0.25, 0.3) is 0 Å². The van der Waals surface area contributed by atoms with Crippen molar-refractivity contribution in [3.05, 3.63) is 34.8 Å². The second-order valence-corrected chi connectivity index (χ2v) is 5.29. The van der Waals surface area contributed by atoms with Gasteiger partial charge in [-0.3, -0.25) is 14.9 Å². The molecule has 0 aliphatic heterocycles. The molecule has 10 heteroatoms. The summed E-state index contributed by atoms with van der Waals surface area (Å²) < 4.78 is 37.6. The number of hydrogen-bond acceptors (Lipinski definition) is 5. The number of nitrogens with zero attached hydrogens (tertiary/aromatic N) is 2. The highest BCUT2D eigenvalue weighted by Gasteiger charge is 2.30. The fraction of sp³-hybridized carbons (Fsp3) is 0.167. The Hall–Kier alpha value is -2.49. The molecule has 116 valence electrons. The Kier molecular flexibility index (Phi) is 4.40. The number of aryl methyl sites for hydroxylation is 1. The Bertz CT molecular complexity index is 714. The third-order valence-corrected chi connectivity index (χ3v) is 3.15. The number of aromatic nitrogens is 2. The number of rotatable bonds is 2. The number of anilines is 2. The first-order valence-corrected chi connectivity index (χ1v) is 6.67. The van der Waals surface area contributed by atoms with Crippen LogP contribution in [0.2, 0.25) is 0 Å². The summed E-state index contributed by atoms with van der Waals surface area (Å²) in [6.07, 6.45) is -4.53. The summed E-state index contributed by atoms with van der Waals surface area (Å²) in [5.74, 6) is -2.15. The molecule has 0 fully saturated rings. The number of benzene rings is 1. The number of carbonyl (C=O) groups is 2. The van der Waals surface area contributed by atoms with E-state index in [-0.39, 0.29) is 10.8 Å². The molecule has 6 nitrogen and oxygen atoms in total. The van der Waals surface area contributed by atoms with Gasteiger partial charge in [-0.1, -0.05) is 17.4 Å². The van der Waals surface area contributed by atoms with Crippen LogP contribution in [0.3, 0.4) is 0 Å². The molecule has 1 heterocycles. The van der Waals surface area contributed by atoms with Gasteiger partial charge in [0.05, 0.1) is 5.56 Å². The van der Waals surface area contributed by atoms with E-state index in [0.29, 0.717) is 5.01 Å². The maximum atomic E-state index is 12.5. The van der Waals surface area contributed by atoms with Gasteiger partial charge in [0, 0.05) is 5.69 Å². The number of nitrogens with one attached hydrogen (secondary N) is 2. The monoisotopic (exact) mass is 330 g/mol. The SMILES string of the molecule is Cc1nnc(NC(=O)C(=O)Nc2cccc(C(F)(F)F)c2)s1. The van der Waals surface area contributed by atoms with Crippen LogP contribution in [0.1, 0.15) is 10.6 Å². The minimum absolute atomic E-state index is 0.127.